The minimum atomic E-state index is -0.566. The molecule has 3 aromatic rings. The standard InChI is InChI=1S/C18H16ClN3O4S/c1-25-17-13(18(24)26-2)7-10-5-12(19)6-11(16(10)22-17)8-14(23)21-9-15-20-3-4-27-15/h3-7H,8-9H2,1-2H3,(H,21,23). The Balaban J connectivity index is 1.92. The number of carbonyl (C=O) groups excluding carboxylic acids is 2. The van der Waals surface area contributed by atoms with Crippen molar-refractivity contribution in [2.24, 2.45) is 0 Å². The zero-order valence-corrected chi connectivity index (χ0v) is 16.2. The predicted molar refractivity (Wildman–Crippen MR) is 102 cm³/mol. The number of fused-ring (bicyclic) bond motifs is 1. The van der Waals surface area contributed by atoms with Crippen molar-refractivity contribution in [1.82, 2.24) is 15.3 Å². The predicted octanol–water partition coefficient (Wildman–Crippen LogP) is 3.00. The van der Waals surface area contributed by atoms with Crippen molar-refractivity contribution in [3.63, 3.8) is 0 Å². The number of nitrogens with zero attached hydrogens (tertiary/aromatic N) is 2. The van der Waals surface area contributed by atoms with E-state index in [1.807, 2.05) is 5.38 Å². The quantitative estimate of drug-likeness (QED) is 0.634. The van der Waals surface area contributed by atoms with Crippen molar-refractivity contribution in [3.8, 4) is 5.88 Å². The average Bonchev–Trinajstić information content (AvgIpc) is 3.18. The number of thiazole rings is 1. The molecule has 0 radical (unpaired) electrons. The highest BCUT2D eigenvalue weighted by Gasteiger charge is 2.18. The van der Waals surface area contributed by atoms with E-state index >= 15 is 0 Å². The van der Waals surface area contributed by atoms with Gasteiger partial charge in [0, 0.05) is 22.0 Å². The van der Waals surface area contributed by atoms with Crippen LogP contribution in [-0.4, -0.2) is 36.1 Å². The second kappa shape index (κ2) is 8.32. The molecule has 1 N–H and O–H groups in total. The molecule has 7 nitrogen and oxygen atoms in total. The number of carbonyl (C=O) groups is 2. The first-order valence-corrected chi connectivity index (χ1v) is 9.18. The molecule has 1 aromatic carbocycles. The monoisotopic (exact) mass is 405 g/mol. The van der Waals surface area contributed by atoms with Gasteiger partial charge in [-0.25, -0.2) is 14.8 Å². The lowest BCUT2D eigenvalue weighted by atomic mass is 10.0. The molecule has 0 aliphatic heterocycles. The van der Waals surface area contributed by atoms with Crippen LogP contribution in [-0.2, 0) is 22.5 Å². The highest BCUT2D eigenvalue weighted by Crippen LogP contribution is 2.28. The zero-order valence-electron chi connectivity index (χ0n) is 14.6. The van der Waals surface area contributed by atoms with Gasteiger partial charge >= 0.3 is 5.97 Å². The van der Waals surface area contributed by atoms with Crippen LogP contribution in [0.3, 0.4) is 0 Å². The Morgan fingerprint density at radius 1 is 1.26 bits per heavy atom. The summed E-state index contributed by atoms with van der Waals surface area (Å²) in [6, 6.07) is 4.94. The van der Waals surface area contributed by atoms with Crippen LogP contribution in [0.4, 0.5) is 0 Å². The van der Waals surface area contributed by atoms with E-state index in [2.05, 4.69) is 15.3 Å². The largest absolute Gasteiger partial charge is 0.480 e. The molecule has 0 aliphatic rings. The number of hydrogen-bond donors (Lipinski definition) is 1. The minimum absolute atomic E-state index is 0.0795. The van der Waals surface area contributed by atoms with E-state index in [0.717, 1.165) is 5.01 Å². The van der Waals surface area contributed by atoms with E-state index in [1.165, 1.54) is 25.6 Å². The number of amides is 1. The number of nitrogens with one attached hydrogen (secondary N) is 1. The van der Waals surface area contributed by atoms with Crippen LogP contribution in [0.1, 0.15) is 20.9 Å². The van der Waals surface area contributed by atoms with Gasteiger partial charge in [-0.2, -0.15) is 0 Å². The van der Waals surface area contributed by atoms with Crippen LogP contribution >= 0.6 is 22.9 Å². The Labute approximate surface area is 164 Å². The zero-order chi connectivity index (χ0) is 19.4. The summed E-state index contributed by atoms with van der Waals surface area (Å²) in [4.78, 5) is 32.8. The van der Waals surface area contributed by atoms with E-state index in [9.17, 15) is 9.59 Å². The molecule has 0 saturated heterocycles. The summed E-state index contributed by atoms with van der Waals surface area (Å²) in [6.45, 7) is 0.359. The van der Waals surface area contributed by atoms with Crippen LogP contribution in [0.2, 0.25) is 5.02 Å². The molecule has 1 amide bonds. The smallest absolute Gasteiger partial charge is 0.343 e. The number of methoxy groups -OCH3 is 2. The molecular formula is C18H16ClN3O4S. The van der Waals surface area contributed by atoms with Crippen molar-refractivity contribution in [1.29, 1.82) is 0 Å². The van der Waals surface area contributed by atoms with Gasteiger partial charge in [0.1, 0.15) is 10.6 Å². The molecule has 0 spiro atoms. The summed E-state index contributed by atoms with van der Waals surface area (Å²) in [5, 5.41) is 6.54. The Hall–Kier alpha value is -2.71. The van der Waals surface area contributed by atoms with E-state index in [-0.39, 0.29) is 23.8 Å². The molecule has 0 fully saturated rings. The van der Waals surface area contributed by atoms with Gasteiger partial charge in [-0.15, -0.1) is 11.3 Å². The fraction of sp³-hybridized carbons (Fsp3) is 0.222. The third kappa shape index (κ3) is 4.35. The summed E-state index contributed by atoms with van der Waals surface area (Å²) in [7, 11) is 2.69. The molecule has 140 valence electrons. The van der Waals surface area contributed by atoms with Gasteiger partial charge in [0.15, 0.2) is 0 Å². The number of pyridine rings is 1. The molecule has 27 heavy (non-hydrogen) atoms. The summed E-state index contributed by atoms with van der Waals surface area (Å²) in [5.41, 5.74) is 1.35. The van der Waals surface area contributed by atoms with E-state index in [0.29, 0.717) is 28.0 Å². The molecule has 0 aliphatic carbocycles. The Morgan fingerprint density at radius 3 is 2.74 bits per heavy atom. The number of ether oxygens (including phenoxy) is 2. The van der Waals surface area contributed by atoms with Crippen LogP contribution in [0.15, 0.2) is 29.8 Å². The van der Waals surface area contributed by atoms with Crippen molar-refractivity contribution in [2.75, 3.05) is 14.2 Å². The molecule has 3 rings (SSSR count). The Kier molecular flexibility index (Phi) is 5.88. The lowest BCUT2D eigenvalue weighted by molar-refractivity contribution is -0.120. The van der Waals surface area contributed by atoms with Gasteiger partial charge in [-0.05, 0) is 23.8 Å². The van der Waals surface area contributed by atoms with Gasteiger partial charge in [0.25, 0.3) is 0 Å². The second-order valence-electron chi connectivity index (χ2n) is 5.55. The van der Waals surface area contributed by atoms with Crippen molar-refractivity contribution in [3.05, 3.63) is 50.9 Å². The van der Waals surface area contributed by atoms with Gasteiger partial charge in [-0.1, -0.05) is 11.6 Å². The number of aromatic nitrogens is 2. The molecule has 2 aromatic heterocycles. The first kappa shape index (κ1) is 19.1. The van der Waals surface area contributed by atoms with Crippen molar-refractivity contribution >= 4 is 45.7 Å². The van der Waals surface area contributed by atoms with E-state index in [1.54, 1.807) is 24.4 Å². The molecule has 0 bridgehead atoms. The van der Waals surface area contributed by atoms with Gasteiger partial charge in [0.2, 0.25) is 11.8 Å². The number of halogens is 1. The number of rotatable bonds is 6. The number of hydrogen-bond acceptors (Lipinski definition) is 7. The molecular weight excluding hydrogens is 390 g/mol. The Morgan fingerprint density at radius 2 is 2.07 bits per heavy atom. The second-order valence-corrected chi connectivity index (χ2v) is 6.97. The third-order valence-electron chi connectivity index (χ3n) is 3.80. The summed E-state index contributed by atoms with van der Waals surface area (Å²) in [6.07, 6.45) is 1.77. The highest BCUT2D eigenvalue weighted by atomic mass is 35.5. The normalized spacial score (nSPS) is 10.6. The molecule has 0 unspecified atom stereocenters. The highest BCUT2D eigenvalue weighted by molar-refractivity contribution is 7.09. The molecule has 2 heterocycles. The van der Waals surface area contributed by atoms with E-state index in [4.69, 9.17) is 21.1 Å². The van der Waals surface area contributed by atoms with Crippen LogP contribution in [0, 0.1) is 0 Å². The first-order valence-electron chi connectivity index (χ1n) is 7.92. The lowest BCUT2D eigenvalue weighted by Gasteiger charge is -2.11. The number of esters is 1. The lowest BCUT2D eigenvalue weighted by Crippen LogP contribution is -2.24. The maximum absolute atomic E-state index is 12.3. The maximum atomic E-state index is 12.3. The minimum Gasteiger partial charge on any atom is -0.480 e. The van der Waals surface area contributed by atoms with Crippen molar-refractivity contribution in [2.45, 2.75) is 13.0 Å². The fourth-order valence-corrected chi connectivity index (χ4v) is 3.41. The van der Waals surface area contributed by atoms with Crippen LogP contribution < -0.4 is 10.1 Å². The van der Waals surface area contributed by atoms with Crippen molar-refractivity contribution < 1.29 is 19.1 Å². The topological polar surface area (TPSA) is 90.4 Å². The maximum Gasteiger partial charge on any atom is 0.343 e. The Bertz CT molecular complexity index is 992. The molecule has 9 heteroatoms. The SMILES string of the molecule is COC(=O)c1cc2cc(Cl)cc(CC(=O)NCc3nccs3)c2nc1OC. The van der Waals surface area contributed by atoms with E-state index < -0.39 is 5.97 Å². The van der Waals surface area contributed by atoms with Crippen LogP contribution in [0.5, 0.6) is 5.88 Å². The fourth-order valence-electron chi connectivity index (χ4n) is 2.60. The average molecular weight is 406 g/mol. The molecule has 0 saturated carbocycles. The molecule has 0 atom stereocenters. The van der Waals surface area contributed by atoms with Gasteiger partial charge in [0.05, 0.1) is 32.7 Å². The van der Waals surface area contributed by atoms with Gasteiger partial charge in [-0.3, -0.25) is 4.79 Å². The summed E-state index contributed by atoms with van der Waals surface area (Å²) in [5.74, 6) is -0.628. The van der Waals surface area contributed by atoms with Gasteiger partial charge < -0.3 is 14.8 Å². The third-order valence-corrected chi connectivity index (χ3v) is 4.79. The first-order chi connectivity index (χ1) is 13.0. The van der Waals surface area contributed by atoms with Crippen LogP contribution in [0.25, 0.3) is 10.9 Å². The number of benzene rings is 1. The summed E-state index contributed by atoms with van der Waals surface area (Å²) < 4.78 is 9.97. The summed E-state index contributed by atoms with van der Waals surface area (Å²) >= 11 is 7.66.